The molecule has 0 radical (unpaired) electrons. The molecule has 0 spiro atoms. The number of aliphatic hydroxyl groups excluding tert-OH is 2. The minimum Gasteiger partial charge on any atom is -0.388 e. The van der Waals surface area contributed by atoms with Crippen molar-refractivity contribution >= 4 is 17.5 Å². The second-order valence-corrected chi connectivity index (χ2v) is 7.57. The summed E-state index contributed by atoms with van der Waals surface area (Å²) in [6.45, 7) is 1.41. The van der Waals surface area contributed by atoms with E-state index >= 15 is 0 Å². The Morgan fingerprint density at radius 3 is 2.80 bits per heavy atom. The average Bonchev–Trinajstić information content (AvgIpc) is 2.68. The molecule has 0 unspecified atom stereocenters. The van der Waals surface area contributed by atoms with Crippen molar-refractivity contribution in [3.8, 4) is 0 Å². The van der Waals surface area contributed by atoms with E-state index in [4.69, 9.17) is 16.3 Å². The standard InChI is InChI=1S/C19H21ClFN3O6/c1-9-4-11(21)3-2-10(9)5-15(25)22-13-8-30-14(17(27)16(13)26)7-24-6-12(20)18(28)23-19(24)29/h2-4,6,13-14,16-17,26-27H,5,7-8H2,1H3,(H,22,25)(H,23,28,29)/t13-,14-,16+,17-/m1/s1. The number of rotatable bonds is 5. The summed E-state index contributed by atoms with van der Waals surface area (Å²) < 4.78 is 19.8. The summed E-state index contributed by atoms with van der Waals surface area (Å²) >= 11 is 5.71. The number of hydrogen-bond donors (Lipinski definition) is 4. The van der Waals surface area contributed by atoms with Crippen LogP contribution in [0.2, 0.25) is 5.02 Å². The van der Waals surface area contributed by atoms with Crippen molar-refractivity contribution in [2.45, 2.75) is 44.2 Å². The number of aromatic amines is 1. The van der Waals surface area contributed by atoms with Crippen LogP contribution < -0.4 is 16.6 Å². The number of aliphatic hydroxyl groups is 2. The Labute approximate surface area is 175 Å². The lowest BCUT2D eigenvalue weighted by atomic mass is 9.97. The van der Waals surface area contributed by atoms with Gasteiger partial charge in [0.05, 0.1) is 25.6 Å². The minimum absolute atomic E-state index is 0.0277. The van der Waals surface area contributed by atoms with Gasteiger partial charge in [-0.05, 0) is 30.2 Å². The van der Waals surface area contributed by atoms with Gasteiger partial charge in [0, 0.05) is 6.20 Å². The molecule has 30 heavy (non-hydrogen) atoms. The fourth-order valence-electron chi connectivity index (χ4n) is 3.27. The van der Waals surface area contributed by atoms with Crippen LogP contribution in [-0.2, 0) is 22.5 Å². The molecule has 1 saturated heterocycles. The van der Waals surface area contributed by atoms with Gasteiger partial charge in [0.15, 0.2) is 0 Å². The molecule has 4 atom stereocenters. The number of halogens is 2. The van der Waals surface area contributed by atoms with Crippen molar-refractivity contribution in [2.24, 2.45) is 0 Å². The topological polar surface area (TPSA) is 134 Å². The van der Waals surface area contributed by atoms with E-state index in [2.05, 4.69) is 5.32 Å². The first-order valence-corrected chi connectivity index (χ1v) is 9.55. The zero-order valence-electron chi connectivity index (χ0n) is 16.0. The summed E-state index contributed by atoms with van der Waals surface area (Å²) in [6.07, 6.45) is -2.64. The summed E-state index contributed by atoms with van der Waals surface area (Å²) in [5, 5.41) is 23.2. The maximum Gasteiger partial charge on any atom is 0.328 e. The van der Waals surface area contributed by atoms with E-state index in [0.717, 1.165) is 10.8 Å². The molecule has 3 rings (SSSR count). The van der Waals surface area contributed by atoms with Crippen LogP contribution in [0, 0.1) is 12.7 Å². The van der Waals surface area contributed by atoms with Gasteiger partial charge in [-0.15, -0.1) is 0 Å². The lowest BCUT2D eigenvalue weighted by Crippen LogP contribution is -2.60. The number of ether oxygens (including phenoxy) is 1. The third-order valence-electron chi connectivity index (χ3n) is 4.98. The van der Waals surface area contributed by atoms with Gasteiger partial charge in [0.2, 0.25) is 5.91 Å². The maximum absolute atomic E-state index is 13.2. The number of H-pyrrole nitrogens is 1. The second-order valence-electron chi connectivity index (χ2n) is 7.16. The van der Waals surface area contributed by atoms with Gasteiger partial charge < -0.3 is 20.3 Å². The van der Waals surface area contributed by atoms with Gasteiger partial charge in [-0.1, -0.05) is 17.7 Å². The van der Waals surface area contributed by atoms with Gasteiger partial charge >= 0.3 is 5.69 Å². The van der Waals surface area contributed by atoms with Crippen LogP contribution in [0.5, 0.6) is 0 Å². The van der Waals surface area contributed by atoms with E-state index in [9.17, 15) is 29.0 Å². The Morgan fingerprint density at radius 1 is 1.37 bits per heavy atom. The maximum atomic E-state index is 13.2. The molecule has 162 valence electrons. The molecule has 1 aliphatic rings. The number of benzene rings is 1. The molecule has 1 fully saturated rings. The van der Waals surface area contributed by atoms with E-state index in [1.54, 1.807) is 6.92 Å². The molecule has 2 heterocycles. The lowest BCUT2D eigenvalue weighted by molar-refractivity contribution is -0.158. The van der Waals surface area contributed by atoms with Crippen LogP contribution in [-0.4, -0.2) is 56.6 Å². The van der Waals surface area contributed by atoms with E-state index in [1.807, 2.05) is 4.98 Å². The first-order valence-electron chi connectivity index (χ1n) is 9.17. The number of carbonyl (C=O) groups is 1. The molecule has 0 saturated carbocycles. The predicted octanol–water partition coefficient (Wildman–Crippen LogP) is -0.514. The van der Waals surface area contributed by atoms with Crippen molar-refractivity contribution in [3.05, 3.63) is 67.2 Å². The molecule has 0 aliphatic carbocycles. The number of nitrogens with one attached hydrogen (secondary N) is 2. The fourth-order valence-corrected chi connectivity index (χ4v) is 3.44. The van der Waals surface area contributed by atoms with E-state index in [-0.39, 0.29) is 24.6 Å². The van der Waals surface area contributed by atoms with Gasteiger partial charge in [0.25, 0.3) is 5.56 Å². The quantitative estimate of drug-likeness (QED) is 0.493. The summed E-state index contributed by atoms with van der Waals surface area (Å²) in [5.41, 5.74) is -0.217. The molecule has 4 N–H and O–H groups in total. The number of hydrogen-bond acceptors (Lipinski definition) is 6. The Bertz CT molecular complexity index is 1060. The molecular formula is C19H21ClFN3O6. The molecule has 1 amide bonds. The van der Waals surface area contributed by atoms with Crippen molar-refractivity contribution in [1.29, 1.82) is 0 Å². The smallest absolute Gasteiger partial charge is 0.328 e. The van der Waals surface area contributed by atoms with Crippen LogP contribution in [0.1, 0.15) is 11.1 Å². The van der Waals surface area contributed by atoms with Crippen LogP contribution in [0.4, 0.5) is 4.39 Å². The first-order chi connectivity index (χ1) is 14.2. The molecular weight excluding hydrogens is 421 g/mol. The van der Waals surface area contributed by atoms with Crippen molar-refractivity contribution in [1.82, 2.24) is 14.9 Å². The number of carbonyl (C=O) groups excluding carboxylic acids is 1. The summed E-state index contributed by atoms with van der Waals surface area (Å²) in [5.74, 6) is -0.823. The van der Waals surface area contributed by atoms with Crippen molar-refractivity contribution < 1.29 is 24.1 Å². The number of aromatic nitrogens is 2. The highest BCUT2D eigenvalue weighted by molar-refractivity contribution is 6.30. The normalized spacial score (nSPS) is 23.9. The molecule has 0 bridgehead atoms. The van der Waals surface area contributed by atoms with E-state index in [1.165, 1.54) is 18.2 Å². The highest BCUT2D eigenvalue weighted by atomic mass is 35.5. The third kappa shape index (κ3) is 4.96. The van der Waals surface area contributed by atoms with Gasteiger partial charge in [-0.25, -0.2) is 9.18 Å². The third-order valence-corrected chi connectivity index (χ3v) is 5.25. The van der Waals surface area contributed by atoms with Gasteiger partial charge in [0.1, 0.15) is 29.2 Å². The van der Waals surface area contributed by atoms with Crippen molar-refractivity contribution in [3.63, 3.8) is 0 Å². The van der Waals surface area contributed by atoms with Crippen molar-refractivity contribution in [2.75, 3.05) is 6.61 Å². The molecule has 1 aromatic heterocycles. The SMILES string of the molecule is Cc1cc(F)ccc1CC(=O)N[C@@H]1CO[C@H](Cn2cc(Cl)c(=O)[nH]c2=O)[C@@H](O)[C@H]1O. The molecule has 1 aliphatic heterocycles. The van der Waals surface area contributed by atoms with Crippen LogP contribution >= 0.6 is 11.6 Å². The average molecular weight is 442 g/mol. The number of aryl methyl sites for hydroxylation is 1. The molecule has 9 nitrogen and oxygen atoms in total. The zero-order valence-corrected chi connectivity index (χ0v) is 16.7. The van der Waals surface area contributed by atoms with Crippen LogP contribution in [0.15, 0.2) is 34.0 Å². The van der Waals surface area contributed by atoms with Gasteiger partial charge in [-0.3, -0.25) is 19.1 Å². The Morgan fingerprint density at radius 2 is 2.10 bits per heavy atom. The zero-order chi connectivity index (χ0) is 22.0. The number of nitrogens with zero attached hydrogens (tertiary/aromatic N) is 1. The first kappa shape index (κ1) is 22.2. The fraction of sp³-hybridized carbons (Fsp3) is 0.421. The highest BCUT2D eigenvalue weighted by Gasteiger charge is 2.39. The predicted molar refractivity (Wildman–Crippen MR) is 105 cm³/mol. The second kappa shape index (κ2) is 9.09. The Kier molecular flexibility index (Phi) is 6.71. The molecule has 2 aromatic rings. The lowest BCUT2D eigenvalue weighted by Gasteiger charge is -2.38. The highest BCUT2D eigenvalue weighted by Crippen LogP contribution is 2.18. The van der Waals surface area contributed by atoms with Crippen LogP contribution in [0.25, 0.3) is 0 Å². The van der Waals surface area contributed by atoms with Gasteiger partial charge in [-0.2, -0.15) is 0 Å². The monoisotopic (exact) mass is 441 g/mol. The molecule has 11 heteroatoms. The minimum atomic E-state index is -1.41. The van der Waals surface area contributed by atoms with Crippen LogP contribution in [0.3, 0.4) is 0 Å². The Hall–Kier alpha value is -2.53. The number of amides is 1. The summed E-state index contributed by atoms with van der Waals surface area (Å²) in [7, 11) is 0. The summed E-state index contributed by atoms with van der Waals surface area (Å²) in [4.78, 5) is 37.5. The Balaban J connectivity index is 1.62. The van der Waals surface area contributed by atoms with E-state index in [0.29, 0.717) is 11.1 Å². The molecule has 1 aromatic carbocycles. The van der Waals surface area contributed by atoms with E-state index < -0.39 is 47.3 Å². The largest absolute Gasteiger partial charge is 0.388 e. The summed E-state index contributed by atoms with van der Waals surface area (Å²) in [6, 6.07) is 3.21.